The predicted molar refractivity (Wildman–Crippen MR) is 130 cm³/mol. The van der Waals surface area contributed by atoms with Crippen LogP contribution in [0.2, 0.25) is 0 Å². The van der Waals surface area contributed by atoms with E-state index in [0.717, 1.165) is 29.8 Å². The minimum Gasteiger partial charge on any atom is -0.350 e. The van der Waals surface area contributed by atoms with Gasteiger partial charge in [0.2, 0.25) is 11.9 Å². The number of likely N-dealkylation sites (tertiary alicyclic amines) is 1. The Hall–Kier alpha value is -3.53. The van der Waals surface area contributed by atoms with E-state index in [2.05, 4.69) is 30.9 Å². The Morgan fingerprint density at radius 1 is 1.18 bits per heavy atom. The van der Waals surface area contributed by atoms with Crippen molar-refractivity contribution in [2.24, 2.45) is 0 Å². The summed E-state index contributed by atoms with van der Waals surface area (Å²) in [6.45, 7) is 7.20. The number of carbonyl (C=O) groups excluding carboxylic acids is 2. The summed E-state index contributed by atoms with van der Waals surface area (Å²) >= 11 is 1.25. The molecule has 0 saturated carbocycles. The van der Waals surface area contributed by atoms with Gasteiger partial charge in [0, 0.05) is 37.4 Å². The molecule has 1 fully saturated rings. The van der Waals surface area contributed by atoms with Gasteiger partial charge in [0.25, 0.3) is 5.91 Å². The highest BCUT2D eigenvalue weighted by Gasteiger charge is 2.25. The van der Waals surface area contributed by atoms with Gasteiger partial charge in [-0.2, -0.15) is 4.98 Å². The number of amides is 2. The third kappa shape index (κ3) is 5.46. The maximum Gasteiger partial charge on any atom is 0.267 e. The molecule has 1 unspecified atom stereocenters. The molecule has 9 nitrogen and oxygen atoms in total. The summed E-state index contributed by atoms with van der Waals surface area (Å²) in [6, 6.07) is 7.76. The van der Waals surface area contributed by atoms with Crippen LogP contribution in [0.4, 0.5) is 22.6 Å². The molecule has 33 heavy (non-hydrogen) atoms. The summed E-state index contributed by atoms with van der Waals surface area (Å²) < 4.78 is 0. The number of hydrogen-bond acceptors (Lipinski definition) is 8. The Labute approximate surface area is 196 Å². The molecule has 0 bridgehead atoms. The molecular weight excluding hydrogens is 438 g/mol. The summed E-state index contributed by atoms with van der Waals surface area (Å²) in [5.41, 5.74) is 2.84. The molecule has 1 aliphatic rings. The maximum absolute atomic E-state index is 12.7. The van der Waals surface area contributed by atoms with E-state index in [-0.39, 0.29) is 17.9 Å². The SMILES string of the molecule is CCC(=O)N1CCC(Nc2nccc(Nc3ncc(C(=O)Nc4c(C)cccc4C)s3)n2)C1. The maximum atomic E-state index is 12.7. The highest BCUT2D eigenvalue weighted by Crippen LogP contribution is 2.25. The van der Waals surface area contributed by atoms with Gasteiger partial charge in [-0.3, -0.25) is 9.59 Å². The van der Waals surface area contributed by atoms with Crippen LogP contribution in [-0.4, -0.2) is 50.8 Å². The highest BCUT2D eigenvalue weighted by molar-refractivity contribution is 7.17. The molecule has 0 spiro atoms. The lowest BCUT2D eigenvalue weighted by atomic mass is 10.1. The number of nitrogens with zero attached hydrogens (tertiary/aromatic N) is 4. The van der Waals surface area contributed by atoms with Gasteiger partial charge in [0.15, 0.2) is 5.13 Å². The molecule has 3 heterocycles. The first kappa shape index (κ1) is 22.7. The van der Waals surface area contributed by atoms with Crippen molar-refractivity contribution in [2.75, 3.05) is 29.0 Å². The molecular formula is C23H27N7O2S. The molecule has 3 aromatic rings. The van der Waals surface area contributed by atoms with E-state index in [1.807, 2.05) is 43.9 Å². The Morgan fingerprint density at radius 2 is 1.97 bits per heavy atom. The van der Waals surface area contributed by atoms with Crippen LogP contribution < -0.4 is 16.0 Å². The van der Waals surface area contributed by atoms with Gasteiger partial charge in [-0.25, -0.2) is 9.97 Å². The molecule has 1 saturated heterocycles. The van der Waals surface area contributed by atoms with Gasteiger partial charge in [-0.05, 0) is 37.5 Å². The van der Waals surface area contributed by atoms with E-state index >= 15 is 0 Å². The Balaban J connectivity index is 1.37. The number of aryl methyl sites for hydroxylation is 2. The van der Waals surface area contributed by atoms with Crippen LogP contribution in [0.1, 0.15) is 40.6 Å². The average molecular weight is 466 g/mol. The van der Waals surface area contributed by atoms with Crippen LogP contribution in [0.3, 0.4) is 0 Å². The van der Waals surface area contributed by atoms with Crippen LogP contribution in [0, 0.1) is 13.8 Å². The van der Waals surface area contributed by atoms with Crippen LogP contribution in [0.5, 0.6) is 0 Å². The van der Waals surface area contributed by atoms with E-state index < -0.39 is 0 Å². The van der Waals surface area contributed by atoms with Crippen LogP contribution in [0.25, 0.3) is 0 Å². The van der Waals surface area contributed by atoms with Crippen molar-refractivity contribution in [2.45, 2.75) is 39.7 Å². The number of thiazole rings is 1. The van der Waals surface area contributed by atoms with Crippen molar-refractivity contribution in [3.63, 3.8) is 0 Å². The fraction of sp³-hybridized carbons (Fsp3) is 0.348. The summed E-state index contributed by atoms with van der Waals surface area (Å²) in [6.07, 6.45) is 4.58. The largest absolute Gasteiger partial charge is 0.350 e. The summed E-state index contributed by atoms with van der Waals surface area (Å²) in [4.78, 5) is 40.0. The third-order valence-electron chi connectivity index (χ3n) is 5.52. The number of hydrogen-bond donors (Lipinski definition) is 3. The molecule has 0 aliphatic carbocycles. The Bertz CT molecular complexity index is 1140. The predicted octanol–water partition coefficient (Wildman–Crippen LogP) is 3.97. The lowest BCUT2D eigenvalue weighted by Gasteiger charge is -2.16. The number of rotatable bonds is 7. The second-order valence-corrected chi connectivity index (χ2v) is 8.99. The quantitative estimate of drug-likeness (QED) is 0.484. The minimum absolute atomic E-state index is 0.121. The van der Waals surface area contributed by atoms with Crippen molar-refractivity contribution in [3.05, 3.63) is 52.7 Å². The van der Waals surface area contributed by atoms with Gasteiger partial charge in [0.05, 0.1) is 6.20 Å². The van der Waals surface area contributed by atoms with Crippen LogP contribution >= 0.6 is 11.3 Å². The topological polar surface area (TPSA) is 112 Å². The standard InChI is InChI=1S/C23H27N7O2S/c1-4-19(31)30-11-9-16(13-30)26-22-24-10-8-18(27-22)28-23-25-12-17(33-23)21(32)29-20-14(2)6-5-7-15(20)3/h5-8,10,12,16H,4,9,11,13H2,1-3H3,(H,29,32)(H2,24,25,26,27,28). The lowest BCUT2D eigenvalue weighted by Crippen LogP contribution is -2.31. The van der Waals surface area contributed by atoms with E-state index in [1.165, 1.54) is 11.3 Å². The molecule has 2 aromatic heterocycles. The van der Waals surface area contributed by atoms with Gasteiger partial charge in [0.1, 0.15) is 10.7 Å². The second-order valence-electron chi connectivity index (χ2n) is 7.96. The number of benzene rings is 1. The van der Waals surface area contributed by atoms with Gasteiger partial charge >= 0.3 is 0 Å². The van der Waals surface area contributed by atoms with Gasteiger partial charge in [-0.1, -0.05) is 36.5 Å². The summed E-state index contributed by atoms with van der Waals surface area (Å²) in [5, 5.41) is 9.98. The summed E-state index contributed by atoms with van der Waals surface area (Å²) in [7, 11) is 0. The molecule has 3 N–H and O–H groups in total. The average Bonchev–Trinajstić information content (AvgIpc) is 3.46. The number of aromatic nitrogens is 3. The zero-order valence-electron chi connectivity index (χ0n) is 18.9. The number of nitrogens with one attached hydrogen (secondary N) is 3. The molecule has 4 rings (SSSR count). The van der Waals surface area contributed by atoms with E-state index in [0.29, 0.717) is 34.7 Å². The third-order valence-corrected chi connectivity index (χ3v) is 6.43. The Kier molecular flexibility index (Phi) is 6.83. The Morgan fingerprint density at radius 3 is 2.73 bits per heavy atom. The number of para-hydroxylation sites is 1. The molecule has 10 heteroatoms. The van der Waals surface area contributed by atoms with E-state index in [4.69, 9.17) is 0 Å². The number of anilines is 4. The highest BCUT2D eigenvalue weighted by atomic mass is 32.1. The van der Waals surface area contributed by atoms with E-state index in [9.17, 15) is 9.59 Å². The normalized spacial score (nSPS) is 15.4. The zero-order valence-corrected chi connectivity index (χ0v) is 19.7. The molecule has 2 amide bonds. The minimum atomic E-state index is -0.199. The second kappa shape index (κ2) is 9.95. The first-order valence-corrected chi connectivity index (χ1v) is 11.7. The zero-order chi connectivity index (χ0) is 23.4. The molecule has 1 atom stereocenters. The molecule has 0 radical (unpaired) electrons. The first-order valence-electron chi connectivity index (χ1n) is 10.9. The molecule has 1 aliphatic heterocycles. The smallest absolute Gasteiger partial charge is 0.267 e. The van der Waals surface area contributed by atoms with Crippen molar-refractivity contribution in [3.8, 4) is 0 Å². The van der Waals surface area contributed by atoms with Crippen molar-refractivity contribution in [1.82, 2.24) is 19.9 Å². The van der Waals surface area contributed by atoms with Gasteiger partial charge < -0.3 is 20.9 Å². The van der Waals surface area contributed by atoms with Gasteiger partial charge in [-0.15, -0.1) is 0 Å². The van der Waals surface area contributed by atoms with Crippen molar-refractivity contribution in [1.29, 1.82) is 0 Å². The molecule has 172 valence electrons. The van der Waals surface area contributed by atoms with E-state index in [1.54, 1.807) is 18.5 Å². The van der Waals surface area contributed by atoms with Crippen LogP contribution in [-0.2, 0) is 4.79 Å². The fourth-order valence-electron chi connectivity index (χ4n) is 3.74. The van der Waals surface area contributed by atoms with Crippen molar-refractivity contribution < 1.29 is 9.59 Å². The van der Waals surface area contributed by atoms with Crippen LogP contribution in [0.15, 0.2) is 36.7 Å². The lowest BCUT2D eigenvalue weighted by molar-refractivity contribution is -0.129. The summed E-state index contributed by atoms with van der Waals surface area (Å²) in [5.74, 6) is 1.02. The first-order chi connectivity index (χ1) is 15.9. The molecule has 1 aromatic carbocycles. The van der Waals surface area contributed by atoms with Crippen molar-refractivity contribution >= 4 is 45.7 Å². The number of carbonyl (C=O) groups is 2. The monoisotopic (exact) mass is 465 g/mol. The fourth-order valence-corrected chi connectivity index (χ4v) is 4.46.